The van der Waals surface area contributed by atoms with Crippen LogP contribution in [-0.4, -0.2) is 31.3 Å². The van der Waals surface area contributed by atoms with Gasteiger partial charge in [-0.25, -0.2) is 0 Å². The second-order valence-corrected chi connectivity index (χ2v) is 8.40. The van der Waals surface area contributed by atoms with Crippen LogP contribution < -0.4 is 5.32 Å². The highest BCUT2D eigenvalue weighted by molar-refractivity contribution is 7.99. The van der Waals surface area contributed by atoms with E-state index in [9.17, 15) is 14.9 Å². The van der Waals surface area contributed by atoms with Crippen LogP contribution in [0.15, 0.2) is 84.0 Å². The molecule has 0 saturated heterocycles. The molecule has 1 aromatic heterocycles. The molecule has 1 N–H and O–H groups in total. The fourth-order valence-corrected chi connectivity index (χ4v) is 4.06. The zero-order chi connectivity index (χ0) is 23.2. The van der Waals surface area contributed by atoms with Gasteiger partial charge in [0.2, 0.25) is 5.91 Å². The number of non-ortho nitro benzene ring substituents is 1. The zero-order valence-corrected chi connectivity index (χ0v) is 18.8. The number of nitro benzene ring substituents is 1. The van der Waals surface area contributed by atoms with E-state index < -0.39 is 4.92 Å². The number of nitro groups is 1. The minimum atomic E-state index is -0.507. The van der Waals surface area contributed by atoms with Crippen LogP contribution in [0, 0.1) is 10.1 Å². The SMILES string of the molecule is O=C(CSc1nnc(Cc2ccccc2)n1-c1ccc(Cl)cc1)Nc1cccc([N+](=O)[O-])c1. The van der Waals surface area contributed by atoms with Crippen LogP contribution in [0.4, 0.5) is 11.4 Å². The Kier molecular flexibility index (Phi) is 7.01. The van der Waals surface area contributed by atoms with E-state index in [1.54, 1.807) is 18.2 Å². The van der Waals surface area contributed by atoms with E-state index in [-0.39, 0.29) is 17.3 Å². The molecule has 166 valence electrons. The van der Waals surface area contributed by atoms with Crippen molar-refractivity contribution < 1.29 is 9.72 Å². The summed E-state index contributed by atoms with van der Waals surface area (Å²) >= 11 is 7.28. The van der Waals surface area contributed by atoms with Crippen molar-refractivity contribution in [2.24, 2.45) is 0 Å². The van der Waals surface area contributed by atoms with Crippen LogP contribution >= 0.6 is 23.4 Å². The standard InChI is InChI=1S/C23H18ClN5O3S/c24-17-9-11-19(12-10-17)28-21(13-16-5-2-1-3-6-16)26-27-23(28)33-15-22(30)25-18-7-4-8-20(14-18)29(31)32/h1-12,14H,13,15H2,(H,25,30). The maximum Gasteiger partial charge on any atom is 0.271 e. The summed E-state index contributed by atoms with van der Waals surface area (Å²) in [5, 5.41) is 23.4. The zero-order valence-electron chi connectivity index (χ0n) is 17.2. The first-order valence-electron chi connectivity index (χ1n) is 9.91. The van der Waals surface area contributed by atoms with E-state index in [0.29, 0.717) is 22.3 Å². The first-order chi connectivity index (χ1) is 16.0. The van der Waals surface area contributed by atoms with E-state index in [1.165, 1.54) is 30.0 Å². The second kappa shape index (κ2) is 10.3. The number of hydrogen-bond donors (Lipinski definition) is 1. The molecular weight excluding hydrogens is 462 g/mol. The van der Waals surface area contributed by atoms with Crippen molar-refractivity contribution in [2.45, 2.75) is 11.6 Å². The van der Waals surface area contributed by atoms with Crippen molar-refractivity contribution in [3.63, 3.8) is 0 Å². The number of benzene rings is 3. The van der Waals surface area contributed by atoms with Crippen molar-refractivity contribution >= 4 is 40.6 Å². The highest BCUT2D eigenvalue weighted by atomic mass is 35.5. The first kappa shape index (κ1) is 22.5. The summed E-state index contributed by atoms with van der Waals surface area (Å²) in [7, 11) is 0. The van der Waals surface area contributed by atoms with Crippen LogP contribution in [0.2, 0.25) is 5.02 Å². The Morgan fingerprint density at radius 2 is 1.79 bits per heavy atom. The minimum Gasteiger partial charge on any atom is -0.325 e. The van der Waals surface area contributed by atoms with Gasteiger partial charge in [0.1, 0.15) is 5.82 Å². The van der Waals surface area contributed by atoms with Gasteiger partial charge in [-0.15, -0.1) is 10.2 Å². The van der Waals surface area contributed by atoms with Gasteiger partial charge >= 0.3 is 0 Å². The summed E-state index contributed by atoms with van der Waals surface area (Å²) in [5.41, 5.74) is 2.18. The molecule has 0 fully saturated rings. The molecule has 0 spiro atoms. The van der Waals surface area contributed by atoms with Gasteiger partial charge in [0.15, 0.2) is 5.16 Å². The lowest BCUT2D eigenvalue weighted by Gasteiger charge is -2.11. The van der Waals surface area contributed by atoms with Gasteiger partial charge in [-0.2, -0.15) is 0 Å². The monoisotopic (exact) mass is 479 g/mol. The molecule has 8 nitrogen and oxygen atoms in total. The summed E-state index contributed by atoms with van der Waals surface area (Å²) in [6, 6.07) is 23.0. The molecular formula is C23H18ClN5O3S. The Hall–Kier alpha value is -3.69. The number of halogens is 1. The molecule has 33 heavy (non-hydrogen) atoms. The Labute approximate surface area is 198 Å². The molecule has 0 radical (unpaired) electrons. The van der Waals surface area contributed by atoms with Crippen LogP contribution in [0.3, 0.4) is 0 Å². The Balaban J connectivity index is 1.53. The lowest BCUT2D eigenvalue weighted by Crippen LogP contribution is -2.14. The lowest BCUT2D eigenvalue weighted by atomic mass is 10.1. The molecule has 1 amide bonds. The van der Waals surface area contributed by atoms with Crippen molar-refractivity contribution in [3.05, 3.63) is 105 Å². The number of nitrogens with one attached hydrogen (secondary N) is 1. The van der Waals surface area contributed by atoms with E-state index in [4.69, 9.17) is 11.6 Å². The van der Waals surface area contributed by atoms with E-state index >= 15 is 0 Å². The van der Waals surface area contributed by atoms with Crippen LogP contribution in [-0.2, 0) is 11.2 Å². The van der Waals surface area contributed by atoms with Crippen molar-refractivity contribution in [3.8, 4) is 5.69 Å². The maximum absolute atomic E-state index is 12.5. The van der Waals surface area contributed by atoms with Crippen molar-refractivity contribution in [1.82, 2.24) is 14.8 Å². The third-order valence-corrected chi connectivity index (χ3v) is 5.84. The molecule has 0 aliphatic carbocycles. The number of thioether (sulfide) groups is 1. The van der Waals surface area contributed by atoms with Crippen molar-refractivity contribution in [2.75, 3.05) is 11.1 Å². The average molecular weight is 480 g/mol. The second-order valence-electron chi connectivity index (χ2n) is 7.02. The van der Waals surface area contributed by atoms with Crippen LogP contribution in [0.25, 0.3) is 5.69 Å². The van der Waals surface area contributed by atoms with Gasteiger partial charge in [-0.3, -0.25) is 19.5 Å². The summed E-state index contributed by atoms with van der Waals surface area (Å²) in [6.07, 6.45) is 0.566. The van der Waals surface area contributed by atoms with Gasteiger partial charge < -0.3 is 5.32 Å². The quantitative estimate of drug-likeness (QED) is 0.213. The van der Waals surface area contributed by atoms with E-state index in [1.807, 2.05) is 47.0 Å². The summed E-state index contributed by atoms with van der Waals surface area (Å²) in [4.78, 5) is 22.9. The molecule has 3 aromatic carbocycles. The molecule has 0 atom stereocenters. The number of carbonyl (C=O) groups excluding carboxylic acids is 1. The molecule has 0 aliphatic heterocycles. The van der Waals surface area contributed by atoms with Crippen LogP contribution in [0.1, 0.15) is 11.4 Å². The number of hydrogen-bond acceptors (Lipinski definition) is 6. The van der Waals surface area contributed by atoms with Gasteiger partial charge in [0, 0.05) is 35.0 Å². The number of nitrogens with zero attached hydrogens (tertiary/aromatic N) is 4. The summed E-state index contributed by atoms with van der Waals surface area (Å²) in [5.74, 6) is 0.473. The summed E-state index contributed by atoms with van der Waals surface area (Å²) in [6.45, 7) is 0. The van der Waals surface area contributed by atoms with E-state index in [0.717, 1.165) is 17.1 Å². The number of rotatable bonds is 8. The van der Waals surface area contributed by atoms with E-state index in [2.05, 4.69) is 15.5 Å². The molecule has 1 heterocycles. The number of amides is 1. The number of aromatic nitrogens is 3. The molecule has 0 aliphatic rings. The molecule has 4 rings (SSSR count). The molecule has 4 aromatic rings. The highest BCUT2D eigenvalue weighted by Crippen LogP contribution is 2.25. The summed E-state index contributed by atoms with van der Waals surface area (Å²) < 4.78 is 1.90. The van der Waals surface area contributed by atoms with Gasteiger partial charge in [-0.1, -0.05) is 59.8 Å². The van der Waals surface area contributed by atoms with Crippen LogP contribution in [0.5, 0.6) is 0 Å². The van der Waals surface area contributed by atoms with Gasteiger partial charge in [0.25, 0.3) is 5.69 Å². The molecule has 0 saturated carbocycles. The van der Waals surface area contributed by atoms with Gasteiger partial charge in [0.05, 0.1) is 10.7 Å². The van der Waals surface area contributed by atoms with Gasteiger partial charge in [-0.05, 0) is 35.9 Å². The lowest BCUT2D eigenvalue weighted by molar-refractivity contribution is -0.384. The fraction of sp³-hybridized carbons (Fsp3) is 0.0870. The normalized spacial score (nSPS) is 10.7. The third-order valence-electron chi connectivity index (χ3n) is 4.66. The molecule has 0 bridgehead atoms. The predicted octanol–water partition coefficient (Wildman–Crippen LogP) is 5.15. The Morgan fingerprint density at radius 3 is 2.52 bits per heavy atom. The average Bonchev–Trinajstić information content (AvgIpc) is 3.21. The minimum absolute atomic E-state index is 0.0553. The Morgan fingerprint density at radius 1 is 1.03 bits per heavy atom. The topological polar surface area (TPSA) is 103 Å². The largest absolute Gasteiger partial charge is 0.325 e. The molecule has 10 heteroatoms. The maximum atomic E-state index is 12.5. The third kappa shape index (κ3) is 5.76. The number of carbonyl (C=O) groups is 1. The number of anilines is 1. The fourth-order valence-electron chi connectivity index (χ4n) is 3.16. The molecule has 0 unspecified atom stereocenters. The first-order valence-corrected chi connectivity index (χ1v) is 11.3. The smallest absolute Gasteiger partial charge is 0.271 e. The highest BCUT2D eigenvalue weighted by Gasteiger charge is 2.17. The predicted molar refractivity (Wildman–Crippen MR) is 128 cm³/mol. The Bertz CT molecular complexity index is 1280. The van der Waals surface area contributed by atoms with Crippen molar-refractivity contribution in [1.29, 1.82) is 0 Å².